The summed E-state index contributed by atoms with van der Waals surface area (Å²) in [4.78, 5) is 2.35. The van der Waals surface area contributed by atoms with Crippen molar-refractivity contribution >= 4 is 48.6 Å². The van der Waals surface area contributed by atoms with E-state index in [9.17, 15) is 0 Å². The summed E-state index contributed by atoms with van der Waals surface area (Å²) in [5.74, 6) is 0. The summed E-state index contributed by atoms with van der Waals surface area (Å²) in [6, 6.07) is 69.0. The molecule has 0 N–H and O–H groups in total. The van der Waals surface area contributed by atoms with Gasteiger partial charge in [-0.15, -0.1) is 11.3 Å². The van der Waals surface area contributed by atoms with Gasteiger partial charge in [0.15, 0.2) is 0 Å². The van der Waals surface area contributed by atoms with Crippen molar-refractivity contribution in [1.82, 2.24) is 0 Å². The van der Waals surface area contributed by atoms with Crippen LogP contribution in [0.3, 0.4) is 0 Å². The number of nitrogens with zero attached hydrogens (tertiary/aromatic N) is 1. The zero-order chi connectivity index (χ0) is 35.5. The number of fused-ring (bicyclic) bond motifs is 6. The average molecular weight is 696 g/mol. The van der Waals surface area contributed by atoms with E-state index in [2.05, 4.69) is 207 Å². The fourth-order valence-corrected chi connectivity index (χ4v) is 9.37. The lowest BCUT2D eigenvalue weighted by Crippen LogP contribution is -2.15. The summed E-state index contributed by atoms with van der Waals surface area (Å²) >= 11 is 1.87. The normalized spacial score (nSPS) is 12.9. The molecule has 0 unspecified atom stereocenters. The minimum atomic E-state index is -0.0997. The third-order valence-corrected chi connectivity index (χ3v) is 12.2. The van der Waals surface area contributed by atoms with E-state index in [1.165, 1.54) is 75.8 Å². The van der Waals surface area contributed by atoms with Gasteiger partial charge in [0.1, 0.15) is 0 Å². The molecule has 0 saturated carbocycles. The highest BCUT2D eigenvalue weighted by molar-refractivity contribution is 7.25. The first kappa shape index (κ1) is 31.5. The number of para-hydroxylation sites is 2. The largest absolute Gasteiger partial charge is 0.310 e. The van der Waals surface area contributed by atoms with Crippen molar-refractivity contribution in [2.45, 2.75) is 19.3 Å². The van der Waals surface area contributed by atoms with Gasteiger partial charge in [-0.05, 0) is 128 Å². The van der Waals surface area contributed by atoms with Gasteiger partial charge in [0, 0.05) is 42.6 Å². The predicted octanol–water partition coefficient (Wildman–Crippen LogP) is 14.8. The Morgan fingerprint density at radius 3 is 1.60 bits per heavy atom. The molecule has 0 radical (unpaired) electrons. The number of anilines is 3. The van der Waals surface area contributed by atoms with Crippen molar-refractivity contribution in [3.63, 3.8) is 0 Å². The Morgan fingerprint density at radius 1 is 0.358 bits per heavy atom. The molecule has 9 aromatic rings. The van der Waals surface area contributed by atoms with E-state index in [1.807, 2.05) is 11.3 Å². The Labute approximate surface area is 315 Å². The third-order valence-electron chi connectivity index (χ3n) is 11.1. The molecule has 8 aromatic carbocycles. The van der Waals surface area contributed by atoms with Crippen LogP contribution in [0.25, 0.3) is 64.7 Å². The molecule has 1 aliphatic carbocycles. The van der Waals surface area contributed by atoms with E-state index >= 15 is 0 Å². The minimum absolute atomic E-state index is 0.0997. The molecule has 252 valence electrons. The number of benzene rings is 8. The number of rotatable bonds is 6. The Morgan fingerprint density at radius 2 is 0.887 bits per heavy atom. The second kappa shape index (κ2) is 12.5. The van der Waals surface area contributed by atoms with Crippen LogP contribution < -0.4 is 4.90 Å². The number of hydrogen-bond donors (Lipinski definition) is 0. The number of hydrogen-bond acceptors (Lipinski definition) is 2. The SMILES string of the molecule is CC1(C)c2ccc(-c3cccc(-c4ccccc4)c3)cc2-c2ccc(-c3ccc4sc5ccc(N(c6ccccc6)c6ccccc6)cc5c4c3)cc21. The molecule has 0 atom stereocenters. The van der Waals surface area contributed by atoms with Gasteiger partial charge >= 0.3 is 0 Å². The Balaban J connectivity index is 1.03. The molecule has 0 spiro atoms. The summed E-state index contributed by atoms with van der Waals surface area (Å²) in [7, 11) is 0. The van der Waals surface area contributed by atoms with Crippen LogP contribution in [0.5, 0.6) is 0 Å². The molecule has 0 amide bonds. The van der Waals surface area contributed by atoms with Crippen LogP contribution in [0.15, 0.2) is 188 Å². The molecule has 1 aliphatic rings. The molecule has 10 rings (SSSR count). The van der Waals surface area contributed by atoms with Gasteiger partial charge in [0.2, 0.25) is 0 Å². The van der Waals surface area contributed by atoms with Crippen LogP contribution >= 0.6 is 11.3 Å². The molecular formula is C51H37NS. The molecule has 1 nitrogen and oxygen atoms in total. The third kappa shape index (κ3) is 5.37. The van der Waals surface area contributed by atoms with Crippen molar-refractivity contribution < 1.29 is 0 Å². The lowest BCUT2D eigenvalue weighted by molar-refractivity contribution is 0.660. The van der Waals surface area contributed by atoms with E-state index in [0.29, 0.717) is 0 Å². The molecule has 0 aliphatic heterocycles. The van der Waals surface area contributed by atoms with Gasteiger partial charge in [-0.2, -0.15) is 0 Å². The number of thiophene rings is 1. The zero-order valence-electron chi connectivity index (χ0n) is 29.8. The summed E-state index contributed by atoms with van der Waals surface area (Å²) in [5.41, 5.74) is 16.3. The highest BCUT2D eigenvalue weighted by Gasteiger charge is 2.35. The summed E-state index contributed by atoms with van der Waals surface area (Å²) in [6.07, 6.45) is 0. The molecule has 0 fully saturated rings. The van der Waals surface area contributed by atoms with Gasteiger partial charge < -0.3 is 4.90 Å². The lowest BCUT2D eigenvalue weighted by Gasteiger charge is -2.25. The maximum Gasteiger partial charge on any atom is 0.0468 e. The van der Waals surface area contributed by atoms with Crippen molar-refractivity contribution in [1.29, 1.82) is 0 Å². The zero-order valence-corrected chi connectivity index (χ0v) is 30.6. The molecule has 1 heterocycles. The lowest BCUT2D eigenvalue weighted by atomic mass is 9.81. The molecular weight excluding hydrogens is 659 g/mol. The standard InChI is InChI=1S/C51H37NS/c1-51(2)47-26-22-37(36-16-12-15-35(29-36)34-13-6-3-7-14-34)30-44(47)43-25-21-39(32-48(43)51)38-23-27-49-45(31-38)46-33-42(24-28-50(46)53-49)52(40-17-8-4-9-18-40)41-19-10-5-11-20-41/h3-33H,1-2H3. The highest BCUT2D eigenvalue weighted by atomic mass is 32.1. The van der Waals surface area contributed by atoms with E-state index < -0.39 is 0 Å². The fourth-order valence-electron chi connectivity index (χ4n) is 8.31. The second-order valence-electron chi connectivity index (χ2n) is 14.6. The second-order valence-corrected chi connectivity index (χ2v) is 15.7. The maximum atomic E-state index is 2.44. The van der Waals surface area contributed by atoms with Crippen LogP contribution in [-0.2, 0) is 5.41 Å². The minimum Gasteiger partial charge on any atom is -0.310 e. The molecule has 0 saturated heterocycles. The van der Waals surface area contributed by atoms with Crippen LogP contribution in [0.2, 0.25) is 0 Å². The first-order chi connectivity index (χ1) is 26.0. The highest BCUT2D eigenvalue weighted by Crippen LogP contribution is 2.51. The molecule has 53 heavy (non-hydrogen) atoms. The summed E-state index contributed by atoms with van der Waals surface area (Å²) in [6.45, 7) is 4.75. The van der Waals surface area contributed by atoms with Gasteiger partial charge in [-0.1, -0.05) is 129 Å². The van der Waals surface area contributed by atoms with Crippen LogP contribution in [0.1, 0.15) is 25.0 Å². The Bertz CT molecular complexity index is 2760. The van der Waals surface area contributed by atoms with Crippen LogP contribution in [0.4, 0.5) is 17.1 Å². The smallest absolute Gasteiger partial charge is 0.0468 e. The Hall–Kier alpha value is -6.22. The van der Waals surface area contributed by atoms with E-state index in [4.69, 9.17) is 0 Å². The monoisotopic (exact) mass is 695 g/mol. The van der Waals surface area contributed by atoms with E-state index in [1.54, 1.807) is 0 Å². The molecule has 0 bridgehead atoms. The maximum absolute atomic E-state index is 2.44. The first-order valence-electron chi connectivity index (χ1n) is 18.3. The van der Waals surface area contributed by atoms with Gasteiger partial charge in [-0.3, -0.25) is 0 Å². The van der Waals surface area contributed by atoms with Gasteiger partial charge in [0.05, 0.1) is 0 Å². The van der Waals surface area contributed by atoms with E-state index in [-0.39, 0.29) is 5.41 Å². The average Bonchev–Trinajstić information content (AvgIpc) is 3.69. The van der Waals surface area contributed by atoms with Crippen molar-refractivity contribution in [2.75, 3.05) is 4.90 Å². The predicted molar refractivity (Wildman–Crippen MR) is 228 cm³/mol. The molecule has 1 aromatic heterocycles. The fraction of sp³-hybridized carbons (Fsp3) is 0.0588. The van der Waals surface area contributed by atoms with Crippen molar-refractivity contribution in [2.24, 2.45) is 0 Å². The molecule has 2 heteroatoms. The quantitative estimate of drug-likeness (QED) is 0.167. The van der Waals surface area contributed by atoms with Crippen LogP contribution in [0, 0.1) is 0 Å². The summed E-state index contributed by atoms with van der Waals surface area (Å²) < 4.78 is 2.61. The first-order valence-corrected chi connectivity index (χ1v) is 19.2. The Kier molecular flexibility index (Phi) is 7.42. The van der Waals surface area contributed by atoms with Gasteiger partial charge in [0.25, 0.3) is 0 Å². The van der Waals surface area contributed by atoms with E-state index in [0.717, 1.165) is 17.1 Å². The van der Waals surface area contributed by atoms with Crippen molar-refractivity contribution in [3.8, 4) is 44.5 Å². The topological polar surface area (TPSA) is 3.24 Å². The van der Waals surface area contributed by atoms with Crippen LogP contribution in [-0.4, -0.2) is 0 Å². The summed E-state index contributed by atoms with van der Waals surface area (Å²) in [5, 5.41) is 2.59. The van der Waals surface area contributed by atoms with Gasteiger partial charge in [-0.25, -0.2) is 0 Å². The van der Waals surface area contributed by atoms with Crippen molar-refractivity contribution in [3.05, 3.63) is 199 Å².